The maximum atomic E-state index is 14.2. The fourth-order valence-electron chi connectivity index (χ4n) is 2.89. The zero-order valence-electron chi connectivity index (χ0n) is 12.8. The molecule has 1 N–H and O–H groups in total. The third-order valence-electron chi connectivity index (χ3n) is 4.14. The van der Waals surface area contributed by atoms with Gasteiger partial charge in [0.15, 0.2) is 0 Å². The number of likely N-dealkylation sites (tertiary alicyclic amines) is 1. The maximum Gasteiger partial charge on any atom is 0.343 e. The quantitative estimate of drug-likeness (QED) is 0.916. The van der Waals surface area contributed by atoms with Gasteiger partial charge in [0.25, 0.3) is 5.91 Å². The first-order chi connectivity index (χ1) is 11.4. The molecule has 0 aliphatic carbocycles. The summed E-state index contributed by atoms with van der Waals surface area (Å²) < 4.78 is 34.0. The molecule has 1 aliphatic heterocycles. The monoisotopic (exact) mass is 355 g/mol. The minimum absolute atomic E-state index is 0.00474. The van der Waals surface area contributed by atoms with E-state index in [0.29, 0.717) is 15.6 Å². The van der Waals surface area contributed by atoms with Crippen LogP contribution in [0.2, 0.25) is 0 Å². The summed E-state index contributed by atoms with van der Waals surface area (Å²) in [4.78, 5) is 25.2. The van der Waals surface area contributed by atoms with Gasteiger partial charge in [-0.1, -0.05) is 6.07 Å². The number of methoxy groups -OCH3 is 1. The number of ether oxygens (including phenoxy) is 1. The first-order valence-corrected chi connectivity index (χ1v) is 8.09. The van der Waals surface area contributed by atoms with Gasteiger partial charge in [0.05, 0.1) is 18.0 Å². The summed E-state index contributed by atoms with van der Waals surface area (Å²) in [6.45, 7) is -0.468. The van der Waals surface area contributed by atoms with Crippen LogP contribution >= 0.6 is 11.3 Å². The number of alkyl halides is 1. The van der Waals surface area contributed by atoms with E-state index in [1.54, 1.807) is 12.1 Å². The molecular weight excluding hydrogens is 340 g/mol. The summed E-state index contributed by atoms with van der Waals surface area (Å²) in [6.07, 6.45) is -0.257. The molecule has 5 nitrogen and oxygen atoms in total. The number of amides is 1. The number of carboxylic acid groups (broad SMARTS) is 1. The molecule has 0 saturated carbocycles. The van der Waals surface area contributed by atoms with Gasteiger partial charge in [-0.15, -0.1) is 11.3 Å². The van der Waals surface area contributed by atoms with Gasteiger partial charge in [-0.3, -0.25) is 4.79 Å². The Kier molecular flexibility index (Phi) is 4.27. The van der Waals surface area contributed by atoms with E-state index in [1.807, 2.05) is 0 Å². The van der Waals surface area contributed by atoms with Gasteiger partial charge in [0.2, 0.25) is 5.67 Å². The molecule has 0 spiro atoms. The van der Waals surface area contributed by atoms with Gasteiger partial charge in [0, 0.05) is 35.7 Å². The number of aliphatic carboxylic acids is 1. The molecule has 24 heavy (non-hydrogen) atoms. The number of carbonyl (C=O) groups is 2. The lowest BCUT2D eigenvalue weighted by atomic mass is 10.1. The van der Waals surface area contributed by atoms with Crippen molar-refractivity contribution in [3.8, 4) is 0 Å². The summed E-state index contributed by atoms with van der Waals surface area (Å²) in [5, 5.41) is 9.27. The average Bonchev–Trinajstić information content (AvgIpc) is 3.11. The SMILES string of the molecule is COCc1c(C(=O)N2CCC(F)(C(=O)O)C2)sc2cccc(F)c12. The molecule has 2 heterocycles. The lowest BCUT2D eigenvalue weighted by molar-refractivity contribution is -0.149. The van der Waals surface area contributed by atoms with Crippen LogP contribution in [0, 0.1) is 5.82 Å². The zero-order chi connectivity index (χ0) is 17.5. The number of hydrogen-bond donors (Lipinski definition) is 1. The van der Waals surface area contributed by atoms with Crippen molar-refractivity contribution in [2.45, 2.75) is 18.7 Å². The van der Waals surface area contributed by atoms with Crippen LogP contribution in [0.1, 0.15) is 21.7 Å². The number of rotatable bonds is 4. The molecule has 0 radical (unpaired) electrons. The molecule has 1 aromatic heterocycles. The van der Waals surface area contributed by atoms with Crippen LogP contribution in [0.4, 0.5) is 8.78 Å². The van der Waals surface area contributed by atoms with Crippen molar-refractivity contribution in [3.63, 3.8) is 0 Å². The Morgan fingerprint density at radius 3 is 2.83 bits per heavy atom. The van der Waals surface area contributed by atoms with Crippen molar-refractivity contribution in [3.05, 3.63) is 34.5 Å². The lowest BCUT2D eigenvalue weighted by Gasteiger charge is -2.17. The van der Waals surface area contributed by atoms with Crippen molar-refractivity contribution in [1.29, 1.82) is 0 Å². The lowest BCUT2D eigenvalue weighted by Crippen LogP contribution is -2.38. The van der Waals surface area contributed by atoms with E-state index in [4.69, 9.17) is 9.84 Å². The van der Waals surface area contributed by atoms with Crippen molar-refractivity contribution in [2.75, 3.05) is 20.2 Å². The van der Waals surface area contributed by atoms with Gasteiger partial charge in [-0.2, -0.15) is 0 Å². The smallest absolute Gasteiger partial charge is 0.343 e. The molecule has 1 amide bonds. The number of nitrogens with zero attached hydrogens (tertiary/aromatic N) is 1. The molecule has 2 aromatic rings. The number of carboxylic acids is 1. The Balaban J connectivity index is 2.00. The van der Waals surface area contributed by atoms with Crippen molar-refractivity contribution < 1.29 is 28.2 Å². The Bertz CT molecular complexity index is 822. The molecule has 1 unspecified atom stereocenters. The van der Waals surface area contributed by atoms with Gasteiger partial charge in [-0.05, 0) is 12.1 Å². The van der Waals surface area contributed by atoms with Crippen LogP contribution in [0.15, 0.2) is 18.2 Å². The van der Waals surface area contributed by atoms with Crippen LogP contribution in [-0.4, -0.2) is 47.8 Å². The third kappa shape index (κ3) is 2.65. The number of carbonyl (C=O) groups excluding carboxylic acids is 1. The molecular formula is C16H15F2NO4S. The van der Waals surface area contributed by atoms with Gasteiger partial charge >= 0.3 is 5.97 Å². The summed E-state index contributed by atoms with van der Waals surface area (Å²) in [5.74, 6) is -2.53. The van der Waals surface area contributed by atoms with Crippen LogP contribution < -0.4 is 0 Å². The molecule has 8 heteroatoms. The van der Waals surface area contributed by atoms with Crippen molar-refractivity contribution in [1.82, 2.24) is 4.90 Å². The Labute approximate surface area is 140 Å². The van der Waals surface area contributed by atoms with E-state index in [9.17, 15) is 18.4 Å². The topological polar surface area (TPSA) is 66.8 Å². The Hall–Kier alpha value is -2.06. The zero-order valence-corrected chi connectivity index (χ0v) is 13.7. The largest absolute Gasteiger partial charge is 0.479 e. The van der Waals surface area contributed by atoms with Crippen LogP contribution in [0.25, 0.3) is 10.1 Å². The molecule has 1 aromatic carbocycles. The van der Waals surface area contributed by atoms with Gasteiger partial charge < -0.3 is 14.7 Å². The predicted octanol–water partition coefficient (Wildman–Crippen LogP) is 2.83. The highest BCUT2D eigenvalue weighted by Crippen LogP contribution is 2.36. The average molecular weight is 355 g/mol. The molecule has 0 bridgehead atoms. The third-order valence-corrected chi connectivity index (χ3v) is 5.32. The molecule has 1 atom stereocenters. The van der Waals surface area contributed by atoms with Crippen LogP contribution in [0.5, 0.6) is 0 Å². The van der Waals surface area contributed by atoms with Crippen LogP contribution in [0.3, 0.4) is 0 Å². The summed E-state index contributed by atoms with van der Waals surface area (Å²) >= 11 is 1.10. The molecule has 1 fully saturated rings. The molecule has 1 saturated heterocycles. The normalized spacial score (nSPS) is 20.7. The fraction of sp³-hybridized carbons (Fsp3) is 0.375. The maximum absolute atomic E-state index is 14.2. The number of halogens is 2. The highest BCUT2D eigenvalue weighted by molar-refractivity contribution is 7.21. The van der Waals surface area contributed by atoms with Crippen molar-refractivity contribution >= 4 is 33.3 Å². The Morgan fingerprint density at radius 1 is 1.46 bits per heavy atom. The van der Waals surface area contributed by atoms with E-state index >= 15 is 0 Å². The number of thiophene rings is 1. The second-order valence-corrected chi connectivity index (χ2v) is 6.76. The fourth-order valence-corrected chi connectivity index (χ4v) is 4.08. The molecule has 128 valence electrons. The first-order valence-electron chi connectivity index (χ1n) is 7.28. The second kappa shape index (κ2) is 6.10. The van der Waals surface area contributed by atoms with E-state index in [2.05, 4.69) is 0 Å². The summed E-state index contributed by atoms with van der Waals surface area (Å²) in [6, 6.07) is 4.54. The van der Waals surface area contributed by atoms with Crippen LogP contribution in [-0.2, 0) is 16.1 Å². The minimum Gasteiger partial charge on any atom is -0.479 e. The van der Waals surface area contributed by atoms with Crippen molar-refractivity contribution in [2.24, 2.45) is 0 Å². The number of benzene rings is 1. The Morgan fingerprint density at radius 2 is 2.21 bits per heavy atom. The standard InChI is InChI=1S/C16H15F2NO4S/c1-23-7-9-12-10(17)3-2-4-11(12)24-13(9)14(20)19-6-5-16(18,8-19)15(21)22/h2-4H,5-8H2,1H3,(H,21,22). The predicted molar refractivity (Wildman–Crippen MR) is 84.5 cm³/mol. The first kappa shape index (κ1) is 16.8. The van der Waals surface area contributed by atoms with Gasteiger partial charge in [0.1, 0.15) is 5.82 Å². The van der Waals surface area contributed by atoms with E-state index in [0.717, 1.165) is 16.2 Å². The van der Waals surface area contributed by atoms with E-state index < -0.39 is 29.9 Å². The summed E-state index contributed by atoms with van der Waals surface area (Å²) in [7, 11) is 1.44. The second-order valence-electron chi connectivity index (χ2n) is 5.70. The highest BCUT2D eigenvalue weighted by atomic mass is 32.1. The van der Waals surface area contributed by atoms with Gasteiger partial charge in [-0.25, -0.2) is 13.6 Å². The number of fused-ring (bicyclic) bond motifs is 1. The minimum atomic E-state index is -2.43. The molecule has 1 aliphatic rings. The van der Waals surface area contributed by atoms with E-state index in [-0.39, 0.29) is 24.4 Å². The highest BCUT2D eigenvalue weighted by Gasteiger charge is 2.47. The summed E-state index contributed by atoms with van der Waals surface area (Å²) in [5.41, 5.74) is -2.02. The van der Waals surface area contributed by atoms with E-state index in [1.165, 1.54) is 13.2 Å². The number of hydrogen-bond acceptors (Lipinski definition) is 4. The molecule has 3 rings (SSSR count).